The SMILES string of the molecule is CN1Cc2sc(Br)cc2C1O. The highest BCUT2D eigenvalue weighted by Crippen LogP contribution is 2.38. The van der Waals surface area contributed by atoms with Crippen LogP contribution < -0.4 is 0 Å². The number of hydrogen-bond acceptors (Lipinski definition) is 3. The van der Waals surface area contributed by atoms with Crippen molar-refractivity contribution in [3.05, 3.63) is 20.3 Å². The largest absolute Gasteiger partial charge is 0.374 e. The second kappa shape index (κ2) is 2.55. The van der Waals surface area contributed by atoms with Crippen molar-refractivity contribution in [3.63, 3.8) is 0 Å². The van der Waals surface area contributed by atoms with Crippen LogP contribution >= 0.6 is 27.3 Å². The third-order valence-corrected chi connectivity index (χ3v) is 3.54. The van der Waals surface area contributed by atoms with Crippen molar-refractivity contribution in [2.24, 2.45) is 0 Å². The topological polar surface area (TPSA) is 23.5 Å². The van der Waals surface area contributed by atoms with E-state index in [2.05, 4.69) is 15.9 Å². The Hall–Kier alpha value is 0.1000. The van der Waals surface area contributed by atoms with Gasteiger partial charge in [0.15, 0.2) is 0 Å². The number of halogens is 1. The molecule has 2 heterocycles. The average Bonchev–Trinajstić information content (AvgIpc) is 2.37. The number of aliphatic hydroxyl groups excluding tert-OH is 1. The predicted octanol–water partition coefficient (Wildman–Crippen LogP) is 1.95. The molecule has 0 amide bonds. The molecule has 0 saturated heterocycles. The molecule has 1 aromatic rings. The number of nitrogens with zero attached hydrogens (tertiary/aromatic N) is 1. The fourth-order valence-corrected chi connectivity index (χ4v) is 3.11. The van der Waals surface area contributed by atoms with Crippen LogP contribution in [0, 0.1) is 0 Å². The summed E-state index contributed by atoms with van der Waals surface area (Å²) in [7, 11) is 1.92. The summed E-state index contributed by atoms with van der Waals surface area (Å²) in [5.74, 6) is 0. The molecule has 0 aliphatic carbocycles. The lowest BCUT2D eigenvalue weighted by Crippen LogP contribution is -2.15. The van der Waals surface area contributed by atoms with E-state index >= 15 is 0 Å². The quantitative estimate of drug-likeness (QED) is 0.741. The second-order valence-electron chi connectivity index (χ2n) is 2.72. The van der Waals surface area contributed by atoms with Crippen molar-refractivity contribution >= 4 is 27.3 Å². The van der Waals surface area contributed by atoms with Gasteiger partial charge < -0.3 is 5.11 Å². The number of fused-ring (bicyclic) bond motifs is 1. The maximum atomic E-state index is 9.57. The normalized spacial score (nSPS) is 24.1. The molecule has 1 N–H and O–H groups in total. The highest BCUT2D eigenvalue weighted by molar-refractivity contribution is 9.11. The Morgan fingerprint density at radius 1 is 1.82 bits per heavy atom. The van der Waals surface area contributed by atoms with Gasteiger partial charge in [-0.05, 0) is 29.0 Å². The Morgan fingerprint density at radius 3 is 3.18 bits per heavy atom. The van der Waals surface area contributed by atoms with Gasteiger partial charge in [-0.15, -0.1) is 11.3 Å². The fraction of sp³-hybridized carbons (Fsp3) is 0.429. The standard InChI is InChI=1S/C7H8BrNOS/c1-9-3-5-4(7(9)10)2-6(8)11-5/h2,7,10H,3H2,1H3. The van der Waals surface area contributed by atoms with E-state index in [4.69, 9.17) is 0 Å². The summed E-state index contributed by atoms with van der Waals surface area (Å²) in [6, 6.07) is 1.99. The lowest BCUT2D eigenvalue weighted by Gasteiger charge is -2.12. The second-order valence-corrected chi connectivity index (χ2v) is 5.23. The van der Waals surface area contributed by atoms with Crippen LogP contribution in [-0.2, 0) is 6.54 Å². The Labute approximate surface area is 77.6 Å². The minimum absolute atomic E-state index is 0.396. The van der Waals surface area contributed by atoms with Crippen LogP contribution in [0.15, 0.2) is 9.85 Å². The Balaban J connectivity index is 2.44. The van der Waals surface area contributed by atoms with Crippen molar-refractivity contribution in [3.8, 4) is 0 Å². The van der Waals surface area contributed by atoms with E-state index in [1.54, 1.807) is 11.3 Å². The van der Waals surface area contributed by atoms with Crippen LogP contribution in [0.1, 0.15) is 16.7 Å². The molecule has 1 unspecified atom stereocenters. The molecule has 1 aliphatic rings. The molecule has 0 radical (unpaired) electrons. The first kappa shape index (κ1) is 7.73. The molecule has 2 nitrogen and oxygen atoms in total. The minimum atomic E-state index is -0.396. The molecule has 4 heteroatoms. The highest BCUT2D eigenvalue weighted by atomic mass is 79.9. The molecular formula is C7H8BrNOS. The minimum Gasteiger partial charge on any atom is -0.374 e. The number of hydrogen-bond donors (Lipinski definition) is 1. The number of thiophene rings is 1. The Bertz CT molecular complexity index is 286. The molecule has 11 heavy (non-hydrogen) atoms. The zero-order valence-corrected chi connectivity index (χ0v) is 8.44. The van der Waals surface area contributed by atoms with E-state index in [9.17, 15) is 5.11 Å². The van der Waals surface area contributed by atoms with E-state index in [0.29, 0.717) is 0 Å². The van der Waals surface area contributed by atoms with Crippen molar-refractivity contribution in [1.82, 2.24) is 4.90 Å². The molecule has 2 rings (SSSR count). The summed E-state index contributed by atoms with van der Waals surface area (Å²) < 4.78 is 1.11. The third-order valence-electron chi connectivity index (χ3n) is 1.90. The summed E-state index contributed by atoms with van der Waals surface area (Å²) in [4.78, 5) is 3.19. The van der Waals surface area contributed by atoms with Crippen molar-refractivity contribution in [1.29, 1.82) is 0 Å². The molecule has 1 aromatic heterocycles. The summed E-state index contributed by atoms with van der Waals surface area (Å²) in [5.41, 5.74) is 1.06. The van der Waals surface area contributed by atoms with Crippen LogP contribution in [0.5, 0.6) is 0 Å². The lowest BCUT2D eigenvalue weighted by molar-refractivity contribution is 0.0337. The van der Waals surface area contributed by atoms with Gasteiger partial charge in [0.2, 0.25) is 0 Å². The molecule has 1 atom stereocenters. The van der Waals surface area contributed by atoms with Gasteiger partial charge in [0.25, 0.3) is 0 Å². The van der Waals surface area contributed by atoms with Crippen LogP contribution in [0.3, 0.4) is 0 Å². The molecule has 0 fully saturated rings. The van der Waals surface area contributed by atoms with E-state index in [0.717, 1.165) is 15.9 Å². The van der Waals surface area contributed by atoms with Crippen LogP contribution in [0.25, 0.3) is 0 Å². The summed E-state index contributed by atoms with van der Waals surface area (Å²) >= 11 is 5.09. The Morgan fingerprint density at radius 2 is 2.55 bits per heavy atom. The molecular weight excluding hydrogens is 226 g/mol. The van der Waals surface area contributed by atoms with Gasteiger partial charge in [0.1, 0.15) is 6.23 Å². The smallest absolute Gasteiger partial charge is 0.134 e. The highest BCUT2D eigenvalue weighted by Gasteiger charge is 2.27. The van der Waals surface area contributed by atoms with Crippen LogP contribution in [-0.4, -0.2) is 17.1 Å². The lowest BCUT2D eigenvalue weighted by atomic mass is 10.3. The average molecular weight is 234 g/mol. The number of aliphatic hydroxyl groups is 1. The van der Waals surface area contributed by atoms with Gasteiger partial charge in [0.05, 0.1) is 3.79 Å². The monoisotopic (exact) mass is 233 g/mol. The summed E-state index contributed by atoms with van der Waals surface area (Å²) in [6.07, 6.45) is -0.396. The first-order chi connectivity index (χ1) is 5.18. The summed E-state index contributed by atoms with van der Waals surface area (Å²) in [6.45, 7) is 0.868. The number of rotatable bonds is 0. The van der Waals surface area contributed by atoms with E-state index in [-0.39, 0.29) is 0 Å². The maximum absolute atomic E-state index is 9.57. The van der Waals surface area contributed by atoms with Crippen LogP contribution in [0.4, 0.5) is 0 Å². The molecule has 0 saturated carbocycles. The van der Waals surface area contributed by atoms with Gasteiger partial charge >= 0.3 is 0 Å². The Kier molecular flexibility index (Phi) is 1.79. The van der Waals surface area contributed by atoms with Crippen molar-refractivity contribution in [2.75, 3.05) is 7.05 Å². The molecule has 0 bridgehead atoms. The van der Waals surface area contributed by atoms with Gasteiger partial charge in [-0.3, -0.25) is 4.90 Å². The van der Waals surface area contributed by atoms with Gasteiger partial charge in [-0.25, -0.2) is 0 Å². The predicted molar refractivity (Wildman–Crippen MR) is 48.4 cm³/mol. The zero-order valence-electron chi connectivity index (χ0n) is 6.04. The molecule has 60 valence electrons. The fourth-order valence-electron chi connectivity index (χ4n) is 1.30. The maximum Gasteiger partial charge on any atom is 0.134 e. The first-order valence-electron chi connectivity index (χ1n) is 3.35. The van der Waals surface area contributed by atoms with Gasteiger partial charge in [-0.1, -0.05) is 0 Å². The van der Waals surface area contributed by atoms with Gasteiger partial charge in [0, 0.05) is 17.0 Å². The summed E-state index contributed by atoms with van der Waals surface area (Å²) in [5, 5.41) is 9.57. The van der Waals surface area contributed by atoms with E-state index in [1.807, 2.05) is 18.0 Å². The first-order valence-corrected chi connectivity index (χ1v) is 4.96. The molecule has 0 aromatic carbocycles. The van der Waals surface area contributed by atoms with Crippen molar-refractivity contribution < 1.29 is 5.11 Å². The van der Waals surface area contributed by atoms with Crippen LogP contribution in [0.2, 0.25) is 0 Å². The van der Waals surface area contributed by atoms with Gasteiger partial charge in [-0.2, -0.15) is 0 Å². The van der Waals surface area contributed by atoms with E-state index in [1.165, 1.54) is 4.88 Å². The third kappa shape index (κ3) is 1.14. The zero-order chi connectivity index (χ0) is 8.01. The molecule has 1 aliphatic heterocycles. The molecule has 0 spiro atoms. The van der Waals surface area contributed by atoms with E-state index < -0.39 is 6.23 Å². The van der Waals surface area contributed by atoms with Crippen molar-refractivity contribution in [2.45, 2.75) is 12.8 Å².